The molecule has 23 heavy (non-hydrogen) atoms. The molecular formula is C16H14ClN5O. The Labute approximate surface area is 138 Å². The average molecular weight is 328 g/mol. The molecule has 2 heterocycles. The van der Waals surface area contributed by atoms with Gasteiger partial charge in [0.2, 0.25) is 0 Å². The fraction of sp³-hybridized carbons (Fsp3) is 0.0625. The van der Waals surface area contributed by atoms with Crippen LogP contribution in [-0.2, 0) is 0 Å². The molecule has 3 rings (SSSR count). The second-order valence-electron chi connectivity index (χ2n) is 4.86. The number of aromatic nitrogens is 3. The van der Waals surface area contributed by atoms with Crippen LogP contribution in [0.3, 0.4) is 0 Å². The quantitative estimate of drug-likeness (QED) is 0.767. The Morgan fingerprint density at radius 1 is 1.13 bits per heavy atom. The zero-order valence-corrected chi connectivity index (χ0v) is 13.1. The van der Waals surface area contributed by atoms with Gasteiger partial charge in [-0.15, -0.1) is 0 Å². The molecule has 0 aliphatic carbocycles. The average Bonchev–Trinajstić information content (AvgIpc) is 2.88. The molecule has 0 saturated carbocycles. The molecule has 2 aromatic heterocycles. The van der Waals surface area contributed by atoms with Gasteiger partial charge in [-0.3, -0.25) is 5.32 Å². The minimum Gasteiger partial charge on any atom is -0.308 e. The van der Waals surface area contributed by atoms with E-state index in [1.54, 1.807) is 41.2 Å². The van der Waals surface area contributed by atoms with E-state index in [1.165, 1.54) is 0 Å². The van der Waals surface area contributed by atoms with Crippen molar-refractivity contribution in [2.45, 2.75) is 6.92 Å². The van der Waals surface area contributed by atoms with Gasteiger partial charge in [0.25, 0.3) is 0 Å². The standard InChI is InChI=1S/C16H14ClN5O/c1-11-9-15(22(21-11)14-7-2-3-8-18-14)20-16(23)19-13-6-4-5-12(17)10-13/h2-10H,1H3,(H2,19,20,23). The van der Waals surface area contributed by atoms with Crippen LogP contribution in [-0.4, -0.2) is 20.8 Å². The summed E-state index contributed by atoms with van der Waals surface area (Å²) < 4.78 is 1.58. The second-order valence-corrected chi connectivity index (χ2v) is 5.30. The molecule has 0 aliphatic rings. The largest absolute Gasteiger partial charge is 0.324 e. The summed E-state index contributed by atoms with van der Waals surface area (Å²) in [4.78, 5) is 16.4. The Balaban J connectivity index is 1.79. The van der Waals surface area contributed by atoms with Crippen LogP contribution in [0.4, 0.5) is 16.3 Å². The molecule has 2 amide bonds. The van der Waals surface area contributed by atoms with E-state index in [9.17, 15) is 4.79 Å². The maximum atomic E-state index is 12.2. The van der Waals surface area contributed by atoms with Crippen molar-refractivity contribution in [1.29, 1.82) is 0 Å². The highest BCUT2D eigenvalue weighted by Gasteiger charge is 2.11. The third-order valence-corrected chi connectivity index (χ3v) is 3.26. The van der Waals surface area contributed by atoms with Crippen LogP contribution >= 0.6 is 11.6 Å². The number of urea groups is 1. The van der Waals surface area contributed by atoms with Crippen LogP contribution in [0.15, 0.2) is 54.7 Å². The number of pyridine rings is 1. The summed E-state index contributed by atoms with van der Waals surface area (Å²) in [5.41, 5.74) is 1.38. The maximum absolute atomic E-state index is 12.2. The van der Waals surface area contributed by atoms with E-state index in [2.05, 4.69) is 20.7 Å². The smallest absolute Gasteiger partial charge is 0.308 e. The van der Waals surface area contributed by atoms with Gasteiger partial charge in [-0.05, 0) is 37.3 Å². The molecule has 0 atom stereocenters. The van der Waals surface area contributed by atoms with Gasteiger partial charge in [0.05, 0.1) is 5.69 Å². The van der Waals surface area contributed by atoms with E-state index in [1.807, 2.05) is 25.1 Å². The van der Waals surface area contributed by atoms with E-state index in [4.69, 9.17) is 11.6 Å². The number of benzene rings is 1. The molecule has 1 aromatic carbocycles. The van der Waals surface area contributed by atoms with Gasteiger partial charge in [-0.25, -0.2) is 9.78 Å². The van der Waals surface area contributed by atoms with Gasteiger partial charge in [0.15, 0.2) is 5.82 Å². The number of anilines is 2. The Bertz CT molecular complexity index is 831. The summed E-state index contributed by atoms with van der Waals surface area (Å²) in [6.45, 7) is 1.85. The van der Waals surface area contributed by atoms with Crippen molar-refractivity contribution in [3.8, 4) is 5.82 Å². The van der Waals surface area contributed by atoms with Gasteiger partial charge in [-0.1, -0.05) is 23.7 Å². The van der Waals surface area contributed by atoms with Crippen molar-refractivity contribution in [3.05, 3.63) is 65.4 Å². The molecule has 2 N–H and O–H groups in total. The number of aryl methyl sites for hydroxylation is 1. The molecule has 6 nitrogen and oxygen atoms in total. The highest BCUT2D eigenvalue weighted by molar-refractivity contribution is 6.30. The van der Waals surface area contributed by atoms with Crippen LogP contribution in [0.25, 0.3) is 5.82 Å². The third kappa shape index (κ3) is 3.67. The van der Waals surface area contributed by atoms with E-state index in [0.29, 0.717) is 22.3 Å². The topological polar surface area (TPSA) is 71.8 Å². The summed E-state index contributed by atoms with van der Waals surface area (Å²) in [6, 6.07) is 13.8. The van der Waals surface area contributed by atoms with Crippen molar-refractivity contribution in [3.63, 3.8) is 0 Å². The zero-order chi connectivity index (χ0) is 16.2. The maximum Gasteiger partial charge on any atom is 0.324 e. The monoisotopic (exact) mass is 327 g/mol. The van der Waals surface area contributed by atoms with Crippen molar-refractivity contribution in [2.75, 3.05) is 10.6 Å². The molecule has 0 radical (unpaired) electrons. The van der Waals surface area contributed by atoms with E-state index >= 15 is 0 Å². The summed E-state index contributed by atoms with van der Waals surface area (Å²) in [5, 5.41) is 10.4. The number of carbonyl (C=O) groups excluding carboxylic acids is 1. The van der Waals surface area contributed by atoms with Crippen LogP contribution in [0.2, 0.25) is 5.02 Å². The Kier molecular flexibility index (Phi) is 4.25. The van der Waals surface area contributed by atoms with Crippen LogP contribution < -0.4 is 10.6 Å². The van der Waals surface area contributed by atoms with E-state index < -0.39 is 0 Å². The van der Waals surface area contributed by atoms with Gasteiger partial charge < -0.3 is 5.32 Å². The number of carbonyl (C=O) groups is 1. The number of hydrogen-bond donors (Lipinski definition) is 2. The molecule has 0 fully saturated rings. The van der Waals surface area contributed by atoms with Crippen LogP contribution in [0.1, 0.15) is 5.69 Å². The van der Waals surface area contributed by atoms with Crippen LogP contribution in [0, 0.1) is 6.92 Å². The molecule has 0 saturated heterocycles. The minimum atomic E-state index is -0.385. The molecule has 0 spiro atoms. The van der Waals surface area contributed by atoms with Gasteiger partial charge >= 0.3 is 6.03 Å². The van der Waals surface area contributed by atoms with Crippen molar-refractivity contribution in [1.82, 2.24) is 14.8 Å². The number of nitrogens with zero attached hydrogens (tertiary/aromatic N) is 3. The normalized spacial score (nSPS) is 10.3. The summed E-state index contributed by atoms with van der Waals surface area (Å²) >= 11 is 5.90. The lowest BCUT2D eigenvalue weighted by Crippen LogP contribution is -2.21. The number of rotatable bonds is 3. The summed E-state index contributed by atoms with van der Waals surface area (Å²) in [6.07, 6.45) is 1.67. The highest BCUT2D eigenvalue weighted by atomic mass is 35.5. The van der Waals surface area contributed by atoms with Crippen molar-refractivity contribution < 1.29 is 4.79 Å². The first-order valence-corrected chi connectivity index (χ1v) is 7.31. The molecule has 3 aromatic rings. The SMILES string of the molecule is Cc1cc(NC(=O)Nc2cccc(Cl)c2)n(-c2ccccn2)n1. The first-order valence-electron chi connectivity index (χ1n) is 6.93. The molecular weight excluding hydrogens is 314 g/mol. The molecule has 0 bridgehead atoms. The highest BCUT2D eigenvalue weighted by Crippen LogP contribution is 2.17. The van der Waals surface area contributed by atoms with Crippen molar-refractivity contribution >= 4 is 29.1 Å². The Morgan fingerprint density at radius 2 is 2.00 bits per heavy atom. The fourth-order valence-corrected chi connectivity index (χ4v) is 2.28. The Hall–Kier alpha value is -2.86. The van der Waals surface area contributed by atoms with Crippen LogP contribution in [0.5, 0.6) is 0 Å². The molecule has 0 aliphatic heterocycles. The number of halogens is 1. The van der Waals surface area contributed by atoms with Crippen molar-refractivity contribution in [2.24, 2.45) is 0 Å². The first kappa shape index (κ1) is 15.1. The first-order chi connectivity index (χ1) is 11.1. The third-order valence-electron chi connectivity index (χ3n) is 3.02. The number of nitrogens with one attached hydrogen (secondary N) is 2. The fourth-order valence-electron chi connectivity index (χ4n) is 2.09. The van der Waals surface area contributed by atoms with Gasteiger partial charge in [0.1, 0.15) is 5.82 Å². The molecule has 116 valence electrons. The predicted molar refractivity (Wildman–Crippen MR) is 90.2 cm³/mol. The summed E-state index contributed by atoms with van der Waals surface area (Å²) in [5.74, 6) is 1.15. The minimum absolute atomic E-state index is 0.385. The number of hydrogen-bond acceptors (Lipinski definition) is 3. The van der Waals surface area contributed by atoms with Gasteiger partial charge in [-0.2, -0.15) is 9.78 Å². The lowest BCUT2D eigenvalue weighted by molar-refractivity contribution is 0.262. The lowest BCUT2D eigenvalue weighted by atomic mass is 10.3. The second kappa shape index (κ2) is 6.50. The lowest BCUT2D eigenvalue weighted by Gasteiger charge is -2.09. The van der Waals surface area contributed by atoms with Gasteiger partial charge in [0, 0.05) is 23.0 Å². The van der Waals surface area contributed by atoms with E-state index in [-0.39, 0.29) is 6.03 Å². The molecule has 7 heteroatoms. The predicted octanol–water partition coefficient (Wildman–Crippen LogP) is 3.87. The summed E-state index contributed by atoms with van der Waals surface area (Å²) in [7, 11) is 0. The van der Waals surface area contributed by atoms with E-state index in [0.717, 1.165) is 5.69 Å². The Morgan fingerprint density at radius 3 is 2.74 bits per heavy atom. The zero-order valence-electron chi connectivity index (χ0n) is 12.3. The number of amides is 2. The molecule has 0 unspecified atom stereocenters.